The topological polar surface area (TPSA) is 33.2 Å². The predicted molar refractivity (Wildman–Crippen MR) is 56.0 cm³/mol. The molecule has 0 saturated carbocycles. The summed E-state index contributed by atoms with van der Waals surface area (Å²) in [5.41, 5.74) is 0.697. The van der Waals surface area contributed by atoms with E-state index in [1.807, 2.05) is 7.05 Å². The maximum absolute atomic E-state index is 11.8. The average molecular weight is 192 g/mol. The van der Waals surface area contributed by atoms with Crippen LogP contribution in [0, 0.1) is 5.92 Å². The summed E-state index contributed by atoms with van der Waals surface area (Å²) < 4.78 is 0. The fourth-order valence-corrected chi connectivity index (χ4v) is 1.35. The van der Waals surface area contributed by atoms with Crippen LogP contribution in [-0.4, -0.2) is 29.4 Å². The van der Waals surface area contributed by atoms with Crippen LogP contribution in [0.5, 0.6) is 0 Å². The monoisotopic (exact) mass is 192 g/mol. The van der Waals surface area contributed by atoms with E-state index in [9.17, 15) is 4.79 Å². The molecular formula is C11H16N2O. The summed E-state index contributed by atoms with van der Waals surface area (Å²) in [5.74, 6) is 0.548. The first-order valence-electron chi connectivity index (χ1n) is 4.76. The molecule has 3 heteroatoms. The Hall–Kier alpha value is -1.38. The molecule has 0 radical (unpaired) electrons. The fourth-order valence-electron chi connectivity index (χ4n) is 1.35. The molecule has 0 aliphatic rings. The third-order valence-corrected chi connectivity index (χ3v) is 1.91. The summed E-state index contributed by atoms with van der Waals surface area (Å²) >= 11 is 0. The zero-order chi connectivity index (χ0) is 10.6. The van der Waals surface area contributed by atoms with Crippen molar-refractivity contribution in [2.45, 2.75) is 13.8 Å². The quantitative estimate of drug-likeness (QED) is 0.731. The second-order valence-electron chi connectivity index (χ2n) is 3.82. The maximum Gasteiger partial charge on any atom is 0.253 e. The van der Waals surface area contributed by atoms with E-state index in [2.05, 4.69) is 18.8 Å². The van der Waals surface area contributed by atoms with Crippen molar-refractivity contribution in [1.82, 2.24) is 9.88 Å². The summed E-state index contributed by atoms with van der Waals surface area (Å²) in [6.07, 6.45) is 3.27. The molecule has 3 nitrogen and oxygen atoms in total. The fraction of sp³-hybridized carbons (Fsp3) is 0.455. The van der Waals surface area contributed by atoms with Crippen molar-refractivity contribution in [3.8, 4) is 0 Å². The molecule has 0 atom stereocenters. The van der Waals surface area contributed by atoms with Crippen LogP contribution in [0.3, 0.4) is 0 Å². The van der Waals surface area contributed by atoms with E-state index in [4.69, 9.17) is 0 Å². The van der Waals surface area contributed by atoms with Gasteiger partial charge in [0.25, 0.3) is 5.91 Å². The number of nitrogens with zero attached hydrogens (tertiary/aromatic N) is 2. The zero-order valence-electron chi connectivity index (χ0n) is 8.90. The van der Waals surface area contributed by atoms with Crippen molar-refractivity contribution in [3.63, 3.8) is 0 Å². The molecule has 1 heterocycles. The van der Waals surface area contributed by atoms with Gasteiger partial charge in [-0.2, -0.15) is 0 Å². The normalized spacial score (nSPS) is 10.3. The van der Waals surface area contributed by atoms with E-state index in [-0.39, 0.29) is 5.91 Å². The highest BCUT2D eigenvalue weighted by Gasteiger charge is 2.11. The molecule has 76 valence electrons. The van der Waals surface area contributed by atoms with Crippen molar-refractivity contribution in [3.05, 3.63) is 30.1 Å². The zero-order valence-corrected chi connectivity index (χ0v) is 8.90. The van der Waals surface area contributed by atoms with E-state index in [0.29, 0.717) is 11.5 Å². The standard InChI is InChI=1S/C11H16N2O/c1-9(2)8-13(3)11(14)10-4-6-12-7-5-10/h4-7,9H,8H2,1-3H3. The number of rotatable bonds is 3. The molecule has 0 aromatic carbocycles. The third-order valence-electron chi connectivity index (χ3n) is 1.91. The molecule has 0 saturated heterocycles. The minimum Gasteiger partial charge on any atom is -0.341 e. The number of aromatic nitrogens is 1. The van der Waals surface area contributed by atoms with Crippen molar-refractivity contribution in [2.75, 3.05) is 13.6 Å². The first kappa shape index (κ1) is 10.7. The molecule has 0 spiro atoms. The number of hydrogen-bond acceptors (Lipinski definition) is 2. The van der Waals surface area contributed by atoms with Crippen LogP contribution in [0.4, 0.5) is 0 Å². The van der Waals surface area contributed by atoms with E-state index in [1.165, 1.54) is 0 Å². The van der Waals surface area contributed by atoms with Crippen LogP contribution < -0.4 is 0 Å². The number of hydrogen-bond donors (Lipinski definition) is 0. The van der Waals surface area contributed by atoms with Gasteiger partial charge in [-0.1, -0.05) is 13.8 Å². The Kier molecular flexibility index (Phi) is 3.63. The second kappa shape index (κ2) is 4.74. The highest BCUT2D eigenvalue weighted by Crippen LogP contribution is 2.04. The van der Waals surface area contributed by atoms with Gasteiger partial charge in [-0.15, -0.1) is 0 Å². The lowest BCUT2D eigenvalue weighted by atomic mass is 10.2. The summed E-state index contributed by atoms with van der Waals surface area (Å²) in [4.78, 5) is 17.4. The van der Waals surface area contributed by atoms with Crippen LogP contribution in [-0.2, 0) is 0 Å². The summed E-state index contributed by atoms with van der Waals surface area (Å²) in [7, 11) is 1.82. The molecule has 0 aliphatic heterocycles. The van der Waals surface area contributed by atoms with Crippen molar-refractivity contribution < 1.29 is 4.79 Å². The molecular weight excluding hydrogens is 176 g/mol. The molecule has 0 unspecified atom stereocenters. The Labute approximate surface area is 84.8 Å². The summed E-state index contributed by atoms with van der Waals surface area (Å²) in [6, 6.07) is 3.47. The van der Waals surface area contributed by atoms with Gasteiger partial charge in [-0.25, -0.2) is 0 Å². The number of amides is 1. The lowest BCUT2D eigenvalue weighted by Gasteiger charge is -2.19. The molecule has 1 amide bonds. The third kappa shape index (κ3) is 2.83. The Morgan fingerprint density at radius 1 is 1.43 bits per heavy atom. The summed E-state index contributed by atoms with van der Waals surface area (Å²) in [5, 5.41) is 0. The SMILES string of the molecule is CC(C)CN(C)C(=O)c1ccncc1. The molecule has 14 heavy (non-hydrogen) atoms. The Bertz CT molecular complexity index is 295. The first-order chi connectivity index (χ1) is 6.61. The molecule has 0 N–H and O–H groups in total. The highest BCUT2D eigenvalue weighted by atomic mass is 16.2. The Morgan fingerprint density at radius 2 is 2.00 bits per heavy atom. The van der Waals surface area contributed by atoms with Crippen molar-refractivity contribution in [2.24, 2.45) is 5.92 Å². The van der Waals surface area contributed by atoms with E-state index >= 15 is 0 Å². The number of pyridine rings is 1. The van der Waals surface area contributed by atoms with Crippen LogP contribution in [0.2, 0.25) is 0 Å². The van der Waals surface area contributed by atoms with Crippen LogP contribution in [0.25, 0.3) is 0 Å². The van der Waals surface area contributed by atoms with Gasteiger partial charge in [0.05, 0.1) is 0 Å². The van der Waals surface area contributed by atoms with Crippen LogP contribution in [0.1, 0.15) is 24.2 Å². The van der Waals surface area contributed by atoms with Crippen LogP contribution >= 0.6 is 0 Å². The van der Waals surface area contributed by atoms with Crippen molar-refractivity contribution in [1.29, 1.82) is 0 Å². The average Bonchev–Trinajstić information content (AvgIpc) is 2.17. The largest absolute Gasteiger partial charge is 0.341 e. The van der Waals surface area contributed by atoms with E-state index in [1.54, 1.807) is 29.4 Å². The predicted octanol–water partition coefficient (Wildman–Crippen LogP) is 1.81. The van der Waals surface area contributed by atoms with Gasteiger partial charge >= 0.3 is 0 Å². The summed E-state index contributed by atoms with van der Waals surface area (Å²) in [6.45, 7) is 4.97. The molecule has 0 aliphatic carbocycles. The second-order valence-corrected chi connectivity index (χ2v) is 3.82. The van der Waals surface area contributed by atoms with E-state index in [0.717, 1.165) is 6.54 Å². The lowest BCUT2D eigenvalue weighted by Crippen LogP contribution is -2.30. The first-order valence-corrected chi connectivity index (χ1v) is 4.76. The molecule has 1 aromatic rings. The van der Waals surface area contributed by atoms with Gasteiger partial charge in [-0.3, -0.25) is 9.78 Å². The van der Waals surface area contributed by atoms with Gasteiger partial charge in [0.1, 0.15) is 0 Å². The molecule has 1 aromatic heterocycles. The Balaban J connectivity index is 2.66. The van der Waals surface area contributed by atoms with Gasteiger partial charge in [0, 0.05) is 31.5 Å². The minimum atomic E-state index is 0.0566. The van der Waals surface area contributed by atoms with Gasteiger partial charge < -0.3 is 4.90 Å². The highest BCUT2D eigenvalue weighted by molar-refractivity contribution is 5.93. The van der Waals surface area contributed by atoms with Gasteiger partial charge in [-0.05, 0) is 18.1 Å². The van der Waals surface area contributed by atoms with Crippen molar-refractivity contribution >= 4 is 5.91 Å². The maximum atomic E-state index is 11.8. The smallest absolute Gasteiger partial charge is 0.253 e. The molecule has 0 fully saturated rings. The van der Waals surface area contributed by atoms with Gasteiger partial charge in [0.2, 0.25) is 0 Å². The minimum absolute atomic E-state index is 0.0566. The molecule has 1 rings (SSSR count). The Morgan fingerprint density at radius 3 is 2.50 bits per heavy atom. The van der Waals surface area contributed by atoms with Crippen LogP contribution in [0.15, 0.2) is 24.5 Å². The lowest BCUT2D eigenvalue weighted by molar-refractivity contribution is 0.0779. The van der Waals surface area contributed by atoms with Gasteiger partial charge in [0.15, 0.2) is 0 Å². The molecule has 0 bridgehead atoms. The van der Waals surface area contributed by atoms with E-state index < -0.39 is 0 Å². The number of carbonyl (C=O) groups excluding carboxylic acids is 1. The number of carbonyl (C=O) groups is 1.